The second-order valence-corrected chi connectivity index (χ2v) is 4.40. The van der Waals surface area contributed by atoms with Crippen molar-refractivity contribution in [1.82, 2.24) is 14.7 Å². The van der Waals surface area contributed by atoms with Crippen LogP contribution >= 0.6 is 0 Å². The van der Waals surface area contributed by atoms with Gasteiger partial charge in [-0.25, -0.2) is 0 Å². The molecule has 1 atom stereocenters. The SMILES string of the molecule is Cn1nccc1CCN1CCC[C@@H](N)C1. The van der Waals surface area contributed by atoms with Gasteiger partial charge in [-0.2, -0.15) is 5.10 Å². The summed E-state index contributed by atoms with van der Waals surface area (Å²) in [6.07, 6.45) is 5.36. The van der Waals surface area contributed by atoms with Gasteiger partial charge in [-0.3, -0.25) is 4.68 Å². The third kappa shape index (κ3) is 2.79. The minimum atomic E-state index is 0.380. The van der Waals surface area contributed by atoms with Crippen LogP contribution in [0.2, 0.25) is 0 Å². The second kappa shape index (κ2) is 4.77. The van der Waals surface area contributed by atoms with Crippen molar-refractivity contribution < 1.29 is 0 Å². The standard InChI is InChI=1S/C11H20N4/c1-14-11(4-6-13-14)5-8-15-7-2-3-10(12)9-15/h4,6,10H,2-3,5,7-9,12H2,1H3/t10-/m1/s1. The Morgan fingerprint density at radius 2 is 2.47 bits per heavy atom. The van der Waals surface area contributed by atoms with E-state index in [1.165, 1.54) is 25.1 Å². The van der Waals surface area contributed by atoms with Crippen LogP contribution in [0.1, 0.15) is 18.5 Å². The summed E-state index contributed by atoms with van der Waals surface area (Å²) in [4.78, 5) is 2.46. The number of likely N-dealkylation sites (tertiary alicyclic amines) is 1. The molecular formula is C11H20N4. The number of hydrogen-bond donors (Lipinski definition) is 1. The first-order valence-corrected chi connectivity index (χ1v) is 5.70. The lowest BCUT2D eigenvalue weighted by Gasteiger charge is -2.30. The van der Waals surface area contributed by atoms with Crippen LogP contribution in [0.4, 0.5) is 0 Å². The summed E-state index contributed by atoms with van der Waals surface area (Å²) in [5.74, 6) is 0. The highest BCUT2D eigenvalue weighted by molar-refractivity contribution is 5.00. The number of rotatable bonds is 3. The third-order valence-corrected chi connectivity index (χ3v) is 3.15. The maximum atomic E-state index is 5.94. The number of aromatic nitrogens is 2. The summed E-state index contributed by atoms with van der Waals surface area (Å²) in [5, 5.41) is 4.17. The Morgan fingerprint density at radius 1 is 1.60 bits per heavy atom. The third-order valence-electron chi connectivity index (χ3n) is 3.15. The molecular weight excluding hydrogens is 188 g/mol. The lowest BCUT2D eigenvalue weighted by molar-refractivity contribution is 0.210. The normalized spacial score (nSPS) is 23.2. The van der Waals surface area contributed by atoms with Gasteiger partial charge in [0.15, 0.2) is 0 Å². The molecule has 2 rings (SSSR count). The van der Waals surface area contributed by atoms with Crippen LogP contribution in [0.15, 0.2) is 12.3 Å². The van der Waals surface area contributed by atoms with E-state index in [0.29, 0.717) is 6.04 Å². The fourth-order valence-corrected chi connectivity index (χ4v) is 2.21. The lowest BCUT2D eigenvalue weighted by Crippen LogP contribution is -2.43. The molecule has 2 heterocycles. The summed E-state index contributed by atoms with van der Waals surface area (Å²) in [7, 11) is 2.00. The Balaban J connectivity index is 1.80. The predicted octanol–water partition coefficient (Wildman–Crippen LogP) is 0.386. The topological polar surface area (TPSA) is 47.1 Å². The van der Waals surface area contributed by atoms with Gasteiger partial charge in [0.2, 0.25) is 0 Å². The molecule has 15 heavy (non-hydrogen) atoms. The van der Waals surface area contributed by atoms with Crippen molar-refractivity contribution in [3.63, 3.8) is 0 Å². The Kier molecular flexibility index (Phi) is 3.38. The molecule has 0 bridgehead atoms. The molecule has 0 aliphatic carbocycles. The highest BCUT2D eigenvalue weighted by atomic mass is 15.3. The molecule has 4 heteroatoms. The molecule has 1 aliphatic rings. The Morgan fingerprint density at radius 3 is 3.13 bits per heavy atom. The van der Waals surface area contributed by atoms with E-state index in [0.717, 1.165) is 19.5 Å². The molecule has 84 valence electrons. The van der Waals surface area contributed by atoms with Gasteiger partial charge in [-0.15, -0.1) is 0 Å². The Bertz CT molecular complexity index is 307. The lowest BCUT2D eigenvalue weighted by atomic mass is 10.1. The number of piperidine rings is 1. The maximum absolute atomic E-state index is 5.94. The average molecular weight is 208 g/mol. The zero-order chi connectivity index (χ0) is 10.7. The van der Waals surface area contributed by atoms with Crippen molar-refractivity contribution in [3.8, 4) is 0 Å². The van der Waals surface area contributed by atoms with Crippen LogP contribution in [-0.2, 0) is 13.5 Å². The zero-order valence-electron chi connectivity index (χ0n) is 9.39. The van der Waals surface area contributed by atoms with Crippen LogP contribution in [0, 0.1) is 0 Å². The van der Waals surface area contributed by atoms with Gasteiger partial charge in [0, 0.05) is 44.5 Å². The Hall–Kier alpha value is -0.870. The first kappa shape index (κ1) is 10.6. The molecule has 0 aromatic carbocycles. The van der Waals surface area contributed by atoms with Gasteiger partial charge in [-0.1, -0.05) is 0 Å². The summed E-state index contributed by atoms with van der Waals surface area (Å²) in [6.45, 7) is 3.36. The van der Waals surface area contributed by atoms with Crippen molar-refractivity contribution in [1.29, 1.82) is 0 Å². The second-order valence-electron chi connectivity index (χ2n) is 4.40. The van der Waals surface area contributed by atoms with E-state index in [4.69, 9.17) is 5.73 Å². The number of nitrogens with zero attached hydrogens (tertiary/aromatic N) is 3. The fourth-order valence-electron chi connectivity index (χ4n) is 2.21. The summed E-state index contributed by atoms with van der Waals surface area (Å²) < 4.78 is 1.95. The monoisotopic (exact) mass is 208 g/mol. The van der Waals surface area contributed by atoms with Crippen LogP contribution in [-0.4, -0.2) is 40.4 Å². The van der Waals surface area contributed by atoms with Crippen molar-refractivity contribution in [3.05, 3.63) is 18.0 Å². The van der Waals surface area contributed by atoms with Gasteiger partial charge < -0.3 is 10.6 Å². The molecule has 1 aliphatic heterocycles. The molecule has 1 aromatic heterocycles. The first-order chi connectivity index (χ1) is 7.25. The highest BCUT2D eigenvalue weighted by Gasteiger charge is 2.16. The Labute approximate surface area is 91.1 Å². The van der Waals surface area contributed by atoms with Crippen LogP contribution in [0.3, 0.4) is 0 Å². The van der Waals surface area contributed by atoms with E-state index in [1.807, 2.05) is 17.9 Å². The fraction of sp³-hybridized carbons (Fsp3) is 0.727. The van der Waals surface area contributed by atoms with Gasteiger partial charge >= 0.3 is 0 Å². The molecule has 1 fully saturated rings. The summed E-state index contributed by atoms with van der Waals surface area (Å²) in [6, 6.07) is 2.47. The van der Waals surface area contributed by atoms with E-state index in [9.17, 15) is 0 Å². The van der Waals surface area contributed by atoms with Crippen LogP contribution < -0.4 is 5.73 Å². The van der Waals surface area contributed by atoms with Gasteiger partial charge in [0.1, 0.15) is 0 Å². The molecule has 0 spiro atoms. The van der Waals surface area contributed by atoms with Crippen LogP contribution in [0.5, 0.6) is 0 Å². The van der Waals surface area contributed by atoms with Gasteiger partial charge in [0.25, 0.3) is 0 Å². The van der Waals surface area contributed by atoms with Crippen molar-refractivity contribution >= 4 is 0 Å². The quantitative estimate of drug-likeness (QED) is 0.781. The minimum Gasteiger partial charge on any atom is -0.327 e. The molecule has 0 amide bonds. The molecule has 1 saturated heterocycles. The molecule has 0 saturated carbocycles. The van der Waals surface area contributed by atoms with E-state index >= 15 is 0 Å². The summed E-state index contributed by atoms with van der Waals surface area (Å²) in [5.41, 5.74) is 7.24. The number of nitrogens with two attached hydrogens (primary N) is 1. The predicted molar refractivity (Wildman–Crippen MR) is 60.6 cm³/mol. The van der Waals surface area contributed by atoms with E-state index in [2.05, 4.69) is 16.1 Å². The van der Waals surface area contributed by atoms with E-state index < -0.39 is 0 Å². The van der Waals surface area contributed by atoms with Crippen molar-refractivity contribution in [2.45, 2.75) is 25.3 Å². The molecule has 2 N–H and O–H groups in total. The number of aryl methyl sites for hydroxylation is 1. The first-order valence-electron chi connectivity index (χ1n) is 5.70. The molecule has 0 radical (unpaired) electrons. The van der Waals surface area contributed by atoms with Crippen molar-refractivity contribution in [2.75, 3.05) is 19.6 Å². The summed E-state index contributed by atoms with van der Waals surface area (Å²) >= 11 is 0. The zero-order valence-corrected chi connectivity index (χ0v) is 9.39. The largest absolute Gasteiger partial charge is 0.327 e. The van der Waals surface area contributed by atoms with E-state index in [-0.39, 0.29) is 0 Å². The number of hydrogen-bond acceptors (Lipinski definition) is 3. The maximum Gasteiger partial charge on any atom is 0.0492 e. The van der Waals surface area contributed by atoms with Gasteiger partial charge in [-0.05, 0) is 25.5 Å². The van der Waals surface area contributed by atoms with E-state index in [1.54, 1.807) is 0 Å². The molecule has 1 aromatic rings. The van der Waals surface area contributed by atoms with Crippen molar-refractivity contribution in [2.24, 2.45) is 12.8 Å². The minimum absolute atomic E-state index is 0.380. The smallest absolute Gasteiger partial charge is 0.0492 e. The van der Waals surface area contributed by atoms with Crippen LogP contribution in [0.25, 0.3) is 0 Å². The molecule has 4 nitrogen and oxygen atoms in total. The highest BCUT2D eigenvalue weighted by Crippen LogP contribution is 2.09. The average Bonchev–Trinajstić information content (AvgIpc) is 2.61. The molecule has 0 unspecified atom stereocenters. The van der Waals surface area contributed by atoms with Gasteiger partial charge in [0.05, 0.1) is 0 Å².